The zero-order valence-corrected chi connectivity index (χ0v) is 16.0. The van der Waals surface area contributed by atoms with Gasteiger partial charge in [-0.1, -0.05) is 26.8 Å². The monoisotopic (exact) mass is 355 g/mol. The van der Waals surface area contributed by atoms with Crippen LogP contribution in [0.5, 0.6) is 0 Å². The Balaban J connectivity index is 1.38. The molecular weight excluding hydrogens is 326 g/mol. The first kappa shape index (κ1) is 17.5. The summed E-state index contributed by atoms with van der Waals surface area (Å²) in [6.45, 7) is 8.02. The number of nitrogens with one attached hydrogen (secondary N) is 1. The Hall–Kier alpha value is -1.91. The summed E-state index contributed by atoms with van der Waals surface area (Å²) in [6.07, 6.45) is 5.58. The van der Waals surface area contributed by atoms with E-state index < -0.39 is 0 Å². The van der Waals surface area contributed by atoms with Gasteiger partial charge in [0.25, 0.3) is 0 Å². The van der Waals surface area contributed by atoms with Crippen molar-refractivity contribution >= 4 is 11.8 Å². The van der Waals surface area contributed by atoms with E-state index in [9.17, 15) is 9.59 Å². The van der Waals surface area contributed by atoms with Crippen LogP contribution in [0.2, 0.25) is 0 Å². The molecule has 2 bridgehead atoms. The molecule has 2 aliphatic carbocycles. The Bertz CT molecular complexity index is 717. The molecule has 2 amide bonds. The summed E-state index contributed by atoms with van der Waals surface area (Å²) in [6, 6.07) is 5.94. The van der Waals surface area contributed by atoms with Crippen LogP contribution in [0, 0.1) is 22.7 Å². The largest absolute Gasteiger partial charge is 0.352 e. The van der Waals surface area contributed by atoms with Crippen LogP contribution in [0.25, 0.3) is 0 Å². The van der Waals surface area contributed by atoms with Crippen LogP contribution in [0.15, 0.2) is 24.4 Å². The Kier molecular flexibility index (Phi) is 4.08. The van der Waals surface area contributed by atoms with Gasteiger partial charge in [-0.05, 0) is 48.1 Å². The maximum absolute atomic E-state index is 12.9. The number of pyridine rings is 1. The topological polar surface area (TPSA) is 62.3 Å². The molecule has 1 aromatic heterocycles. The molecule has 0 aromatic carbocycles. The minimum atomic E-state index is -0.239. The van der Waals surface area contributed by atoms with Crippen molar-refractivity contribution in [3.8, 4) is 0 Å². The predicted molar refractivity (Wildman–Crippen MR) is 98.9 cm³/mol. The normalized spacial score (nSPS) is 35.1. The van der Waals surface area contributed by atoms with E-state index >= 15 is 0 Å². The van der Waals surface area contributed by atoms with Gasteiger partial charge >= 0.3 is 0 Å². The number of carbonyl (C=O) groups excluding carboxylic acids is 2. The van der Waals surface area contributed by atoms with E-state index in [4.69, 9.17) is 0 Å². The highest BCUT2D eigenvalue weighted by atomic mass is 16.2. The fraction of sp³-hybridized carbons (Fsp3) is 0.667. The number of amides is 2. The molecule has 1 aliphatic heterocycles. The minimum Gasteiger partial charge on any atom is -0.352 e. The lowest BCUT2D eigenvalue weighted by Crippen LogP contribution is -2.48. The van der Waals surface area contributed by atoms with E-state index in [2.05, 4.69) is 31.1 Å². The third-order valence-electron chi connectivity index (χ3n) is 7.77. The molecule has 0 radical (unpaired) electrons. The number of likely N-dealkylation sites (tertiary alicyclic amines) is 1. The number of rotatable bonds is 4. The van der Waals surface area contributed by atoms with E-state index in [1.807, 2.05) is 18.2 Å². The molecule has 3 fully saturated rings. The highest BCUT2D eigenvalue weighted by molar-refractivity contribution is 5.89. The summed E-state index contributed by atoms with van der Waals surface area (Å²) >= 11 is 0. The lowest BCUT2D eigenvalue weighted by molar-refractivity contribution is -0.129. The van der Waals surface area contributed by atoms with Gasteiger partial charge in [0.15, 0.2) is 0 Å². The van der Waals surface area contributed by atoms with Crippen LogP contribution in [0.4, 0.5) is 0 Å². The third kappa shape index (κ3) is 2.63. The standard InChI is InChI=1S/C21H29N3O2/c1-20(2)15-7-8-21(20,3)17(11-15)23-19(26)14-10-18(25)24(12-14)13-16-6-4-5-9-22-16/h4-6,9,14-15,17H,7-8,10-13H2,1-3H3,(H,23,26). The minimum absolute atomic E-state index is 0.0512. The molecule has 4 unspecified atom stereocenters. The second kappa shape index (κ2) is 6.07. The zero-order chi connectivity index (χ0) is 18.5. The quantitative estimate of drug-likeness (QED) is 0.903. The Morgan fingerprint density at radius 3 is 2.77 bits per heavy atom. The van der Waals surface area contributed by atoms with Gasteiger partial charge in [-0.3, -0.25) is 14.6 Å². The summed E-state index contributed by atoms with van der Waals surface area (Å²) in [5.74, 6) is 0.562. The number of aromatic nitrogens is 1. The van der Waals surface area contributed by atoms with Gasteiger partial charge in [-0.15, -0.1) is 0 Å². The van der Waals surface area contributed by atoms with Gasteiger partial charge in [0.2, 0.25) is 11.8 Å². The summed E-state index contributed by atoms with van der Waals surface area (Å²) in [5.41, 5.74) is 1.31. The van der Waals surface area contributed by atoms with Crippen molar-refractivity contribution in [2.75, 3.05) is 6.54 Å². The Morgan fingerprint density at radius 2 is 2.15 bits per heavy atom. The average Bonchev–Trinajstić information content (AvgIpc) is 3.14. The first-order chi connectivity index (χ1) is 12.3. The molecule has 2 heterocycles. The lowest BCUT2D eigenvalue weighted by Gasteiger charge is -2.39. The van der Waals surface area contributed by atoms with Crippen LogP contribution >= 0.6 is 0 Å². The average molecular weight is 355 g/mol. The second-order valence-electron chi connectivity index (χ2n) is 9.17. The van der Waals surface area contributed by atoms with Crippen LogP contribution < -0.4 is 5.32 Å². The van der Waals surface area contributed by atoms with Gasteiger partial charge in [0.1, 0.15) is 0 Å². The number of nitrogens with zero attached hydrogens (tertiary/aromatic N) is 2. The zero-order valence-electron chi connectivity index (χ0n) is 16.0. The molecule has 140 valence electrons. The molecule has 5 heteroatoms. The SMILES string of the molecule is CC1(C)C2CCC1(C)C(NC(=O)C1CC(=O)N(Cc3ccccn3)C1)C2. The molecule has 4 atom stereocenters. The molecular formula is C21H29N3O2. The van der Waals surface area contributed by atoms with Crippen LogP contribution in [0.1, 0.15) is 52.1 Å². The molecule has 0 spiro atoms. The van der Waals surface area contributed by atoms with Crippen molar-refractivity contribution in [1.29, 1.82) is 0 Å². The summed E-state index contributed by atoms with van der Waals surface area (Å²) in [7, 11) is 0. The third-order valence-corrected chi connectivity index (χ3v) is 7.77. The fourth-order valence-electron chi connectivity index (χ4n) is 5.50. The maximum Gasteiger partial charge on any atom is 0.225 e. The van der Waals surface area contributed by atoms with Gasteiger partial charge in [0, 0.05) is 25.2 Å². The molecule has 1 saturated heterocycles. The number of hydrogen-bond donors (Lipinski definition) is 1. The number of fused-ring (bicyclic) bond motifs is 2. The first-order valence-corrected chi connectivity index (χ1v) is 9.79. The highest BCUT2D eigenvalue weighted by Gasteiger charge is 2.61. The van der Waals surface area contributed by atoms with E-state index in [-0.39, 0.29) is 34.6 Å². The molecule has 2 saturated carbocycles. The summed E-state index contributed by atoms with van der Waals surface area (Å²) in [4.78, 5) is 31.3. The van der Waals surface area contributed by atoms with Crippen LogP contribution in [0.3, 0.4) is 0 Å². The summed E-state index contributed by atoms with van der Waals surface area (Å²) in [5, 5.41) is 3.32. The molecule has 1 aromatic rings. The van der Waals surface area contributed by atoms with Gasteiger partial charge in [0.05, 0.1) is 18.2 Å². The highest BCUT2D eigenvalue weighted by Crippen LogP contribution is 2.65. The molecule has 5 nitrogen and oxygen atoms in total. The van der Waals surface area contributed by atoms with Gasteiger partial charge < -0.3 is 10.2 Å². The summed E-state index contributed by atoms with van der Waals surface area (Å²) < 4.78 is 0. The van der Waals surface area contributed by atoms with Crippen molar-refractivity contribution in [1.82, 2.24) is 15.2 Å². The second-order valence-corrected chi connectivity index (χ2v) is 9.17. The van der Waals surface area contributed by atoms with Crippen LogP contribution in [-0.4, -0.2) is 34.3 Å². The molecule has 3 aliphatic rings. The van der Waals surface area contributed by atoms with Crippen molar-refractivity contribution in [2.45, 2.75) is 59.0 Å². The van der Waals surface area contributed by atoms with Crippen molar-refractivity contribution in [3.63, 3.8) is 0 Å². The van der Waals surface area contributed by atoms with Crippen molar-refractivity contribution in [3.05, 3.63) is 30.1 Å². The number of hydrogen-bond acceptors (Lipinski definition) is 3. The molecule has 4 rings (SSSR count). The number of carbonyl (C=O) groups is 2. The Labute approximate surface area is 155 Å². The van der Waals surface area contributed by atoms with Gasteiger partial charge in [-0.2, -0.15) is 0 Å². The van der Waals surface area contributed by atoms with E-state index in [1.54, 1.807) is 11.1 Å². The smallest absolute Gasteiger partial charge is 0.225 e. The molecule has 1 N–H and O–H groups in total. The maximum atomic E-state index is 12.9. The lowest BCUT2D eigenvalue weighted by atomic mass is 9.69. The van der Waals surface area contributed by atoms with E-state index in [0.29, 0.717) is 25.4 Å². The first-order valence-electron chi connectivity index (χ1n) is 9.79. The molecule has 26 heavy (non-hydrogen) atoms. The predicted octanol–water partition coefficient (Wildman–Crippen LogP) is 2.76. The Morgan fingerprint density at radius 1 is 1.35 bits per heavy atom. The van der Waals surface area contributed by atoms with Crippen LogP contribution in [-0.2, 0) is 16.1 Å². The fourth-order valence-corrected chi connectivity index (χ4v) is 5.50. The van der Waals surface area contributed by atoms with E-state index in [0.717, 1.165) is 12.1 Å². The van der Waals surface area contributed by atoms with Crippen molar-refractivity contribution < 1.29 is 9.59 Å². The van der Waals surface area contributed by atoms with Gasteiger partial charge in [-0.25, -0.2) is 0 Å². The van der Waals surface area contributed by atoms with Crippen molar-refractivity contribution in [2.24, 2.45) is 22.7 Å². The van der Waals surface area contributed by atoms with E-state index in [1.165, 1.54) is 12.8 Å².